The molecule has 4 rings (SSSR count). The van der Waals surface area contributed by atoms with Crippen LogP contribution in [-0.2, 0) is 11.3 Å². The lowest BCUT2D eigenvalue weighted by atomic mass is 10.2. The third-order valence-electron chi connectivity index (χ3n) is 4.74. The lowest BCUT2D eigenvalue weighted by Gasteiger charge is -2.27. The Kier molecular flexibility index (Phi) is 8.12. The van der Waals surface area contributed by atoms with Gasteiger partial charge in [0.2, 0.25) is 0 Å². The van der Waals surface area contributed by atoms with Gasteiger partial charge >= 0.3 is 0 Å². The second-order valence-corrected chi connectivity index (χ2v) is 9.33. The zero-order chi connectivity index (χ0) is 22.2. The van der Waals surface area contributed by atoms with E-state index in [-0.39, 0.29) is 0 Å². The Bertz CT molecular complexity index is 1090. The molecule has 8 heteroatoms. The van der Waals surface area contributed by atoms with E-state index in [0.717, 1.165) is 45.4 Å². The van der Waals surface area contributed by atoms with E-state index < -0.39 is 0 Å². The van der Waals surface area contributed by atoms with E-state index in [4.69, 9.17) is 16.3 Å². The molecular weight excluding hydrogens is 460 g/mol. The summed E-state index contributed by atoms with van der Waals surface area (Å²) in [5, 5.41) is 0.693. The number of hydrogen-bond acceptors (Lipinski definition) is 7. The molecule has 1 fully saturated rings. The number of benzene rings is 3. The third-order valence-corrected chi connectivity index (χ3v) is 6.93. The minimum Gasteiger partial charge on any atom is -0.359 e. The van der Waals surface area contributed by atoms with Crippen molar-refractivity contribution < 1.29 is 4.74 Å². The molecule has 0 atom stereocenters. The number of ether oxygens (including phenoxy) is 1. The quantitative estimate of drug-likeness (QED) is 0.281. The number of hydrogen-bond donors (Lipinski definition) is 1. The van der Waals surface area contributed by atoms with Gasteiger partial charge in [-0.3, -0.25) is 14.3 Å². The lowest BCUT2D eigenvalue weighted by Crippen LogP contribution is -2.25. The predicted molar refractivity (Wildman–Crippen MR) is 140 cm³/mol. The fourth-order valence-corrected chi connectivity index (χ4v) is 4.73. The topological polar surface area (TPSA) is 49.2 Å². The van der Waals surface area contributed by atoms with Crippen molar-refractivity contribution in [3.8, 4) is 0 Å². The van der Waals surface area contributed by atoms with Gasteiger partial charge in [-0.05, 0) is 84.7 Å². The zero-order valence-electron chi connectivity index (χ0n) is 17.4. The van der Waals surface area contributed by atoms with Crippen LogP contribution in [0.25, 0.3) is 0 Å². The average molecular weight is 483 g/mol. The third kappa shape index (κ3) is 6.07. The van der Waals surface area contributed by atoms with Crippen LogP contribution in [0.1, 0.15) is 11.1 Å². The molecule has 0 saturated carbocycles. The number of aliphatic imine (C=N–C) groups is 2. The molecule has 0 spiro atoms. The molecule has 5 nitrogen and oxygen atoms in total. The van der Waals surface area contributed by atoms with Gasteiger partial charge in [0.1, 0.15) is 6.73 Å². The second-order valence-electron chi connectivity index (χ2n) is 6.94. The summed E-state index contributed by atoms with van der Waals surface area (Å²) in [6.07, 6.45) is 1.81. The summed E-state index contributed by atoms with van der Waals surface area (Å²) in [4.78, 5) is 9.69. The molecule has 1 N–H and O–H groups in total. The van der Waals surface area contributed by atoms with Crippen LogP contribution in [0.3, 0.4) is 0 Å². The van der Waals surface area contributed by atoms with E-state index in [1.165, 1.54) is 0 Å². The van der Waals surface area contributed by atoms with Crippen molar-refractivity contribution in [2.24, 2.45) is 9.98 Å². The van der Waals surface area contributed by atoms with Gasteiger partial charge in [-0.15, -0.1) is 0 Å². The number of para-hydroxylation sites is 1. The Morgan fingerprint density at radius 3 is 2.78 bits per heavy atom. The van der Waals surface area contributed by atoms with Crippen molar-refractivity contribution in [2.75, 3.05) is 28.1 Å². The highest BCUT2D eigenvalue weighted by Gasteiger charge is 2.12. The molecule has 0 bridgehead atoms. The highest BCUT2D eigenvalue weighted by Crippen LogP contribution is 2.29. The first-order valence-electron chi connectivity index (χ1n) is 10.1. The van der Waals surface area contributed by atoms with Crippen molar-refractivity contribution in [3.63, 3.8) is 0 Å². The van der Waals surface area contributed by atoms with Crippen LogP contribution in [-0.4, -0.2) is 32.0 Å². The van der Waals surface area contributed by atoms with E-state index in [1.54, 1.807) is 23.9 Å². The van der Waals surface area contributed by atoms with Gasteiger partial charge in [-0.2, -0.15) is 0 Å². The normalized spacial score (nSPS) is 14.0. The van der Waals surface area contributed by atoms with Crippen LogP contribution in [0.4, 0.5) is 17.1 Å². The second kappa shape index (κ2) is 11.4. The number of anilines is 2. The Balaban J connectivity index is 1.36. The molecule has 1 heterocycles. The van der Waals surface area contributed by atoms with Crippen molar-refractivity contribution in [2.45, 2.75) is 11.4 Å². The van der Waals surface area contributed by atoms with Gasteiger partial charge in [-0.1, -0.05) is 29.8 Å². The molecule has 1 aliphatic heterocycles. The predicted octanol–water partition coefficient (Wildman–Crippen LogP) is 6.85. The van der Waals surface area contributed by atoms with Gasteiger partial charge in [0, 0.05) is 38.8 Å². The fraction of sp³-hybridized carbons (Fsp3) is 0.167. The maximum atomic E-state index is 6.39. The minimum atomic E-state index is 0.481. The van der Waals surface area contributed by atoms with Crippen LogP contribution in [0.15, 0.2) is 81.6 Å². The lowest BCUT2D eigenvalue weighted by molar-refractivity contribution is 0.154. The van der Waals surface area contributed by atoms with E-state index in [2.05, 4.69) is 50.0 Å². The molecule has 3 aromatic carbocycles. The van der Waals surface area contributed by atoms with Gasteiger partial charge in [0.25, 0.3) is 0 Å². The first-order valence-corrected chi connectivity index (χ1v) is 12.2. The Morgan fingerprint density at radius 2 is 2.00 bits per heavy atom. The van der Waals surface area contributed by atoms with Crippen molar-refractivity contribution in [1.29, 1.82) is 0 Å². The summed E-state index contributed by atoms with van der Waals surface area (Å²) in [5.41, 5.74) is 4.82. The van der Waals surface area contributed by atoms with E-state index in [9.17, 15) is 0 Å². The molecule has 3 aromatic rings. The molecule has 0 aromatic heterocycles. The molecule has 1 saturated heterocycles. The molecular formula is C24H23ClN4OS2. The summed E-state index contributed by atoms with van der Waals surface area (Å²) in [6, 6.07) is 22.1. The molecule has 0 unspecified atom stereocenters. The maximum absolute atomic E-state index is 6.39. The molecule has 0 aliphatic carbocycles. The summed E-state index contributed by atoms with van der Waals surface area (Å²) in [6.45, 7) is 5.52. The Labute approximate surface area is 202 Å². The molecule has 164 valence electrons. The van der Waals surface area contributed by atoms with Crippen LogP contribution >= 0.6 is 35.5 Å². The van der Waals surface area contributed by atoms with Gasteiger partial charge in [0.15, 0.2) is 0 Å². The maximum Gasteiger partial charge on any atom is 0.129 e. The van der Waals surface area contributed by atoms with E-state index >= 15 is 0 Å². The number of halogens is 1. The smallest absolute Gasteiger partial charge is 0.129 e. The first-order chi connectivity index (χ1) is 15.7. The highest BCUT2D eigenvalue weighted by molar-refractivity contribution is 8.00. The minimum absolute atomic E-state index is 0.481. The SMILES string of the molecule is C=Nc1ccccc1C=NCc1cc(NSc2ccc(N3COCCS3)cc2)ccc1Cl. The number of nitrogens with one attached hydrogen (secondary N) is 1. The number of rotatable bonds is 8. The number of nitrogens with zero attached hydrogens (tertiary/aromatic N) is 3. The first kappa shape index (κ1) is 22.7. The van der Waals surface area contributed by atoms with Crippen molar-refractivity contribution >= 4 is 65.5 Å². The summed E-state index contributed by atoms with van der Waals surface area (Å²) in [7, 11) is 0. The monoisotopic (exact) mass is 482 g/mol. The standard InChI is InChI=1S/C24H23ClN4OS2/c1-26-24-5-3-2-4-18(24)15-27-16-19-14-20(6-11-23(19)25)28-32-22-9-7-21(8-10-22)29-17-30-12-13-31-29/h2-11,14-15,28H,1,12-13,16-17H2. The van der Waals surface area contributed by atoms with Crippen LogP contribution in [0, 0.1) is 0 Å². The molecule has 1 aliphatic rings. The van der Waals surface area contributed by atoms with Crippen LogP contribution in [0.5, 0.6) is 0 Å². The van der Waals surface area contributed by atoms with Crippen molar-refractivity contribution in [1.82, 2.24) is 0 Å². The summed E-state index contributed by atoms with van der Waals surface area (Å²) < 4.78 is 11.1. The van der Waals surface area contributed by atoms with Gasteiger partial charge < -0.3 is 9.46 Å². The van der Waals surface area contributed by atoms with E-state index in [1.807, 2.05) is 48.7 Å². The summed E-state index contributed by atoms with van der Waals surface area (Å²) >= 11 is 9.75. The average Bonchev–Trinajstić information content (AvgIpc) is 2.85. The molecule has 0 amide bonds. The molecule has 32 heavy (non-hydrogen) atoms. The zero-order valence-corrected chi connectivity index (χ0v) is 19.8. The van der Waals surface area contributed by atoms with E-state index in [0.29, 0.717) is 18.3 Å². The van der Waals surface area contributed by atoms with Crippen LogP contribution < -0.4 is 9.03 Å². The van der Waals surface area contributed by atoms with Gasteiger partial charge in [-0.25, -0.2) is 0 Å². The fourth-order valence-electron chi connectivity index (χ4n) is 3.08. The Morgan fingerprint density at radius 1 is 1.16 bits per heavy atom. The summed E-state index contributed by atoms with van der Waals surface area (Å²) in [5.74, 6) is 0.985. The Hall–Kier alpha value is -2.45. The van der Waals surface area contributed by atoms with Crippen LogP contribution in [0.2, 0.25) is 5.02 Å². The largest absolute Gasteiger partial charge is 0.359 e. The van der Waals surface area contributed by atoms with Gasteiger partial charge in [0.05, 0.1) is 18.8 Å². The van der Waals surface area contributed by atoms with Crippen molar-refractivity contribution in [3.05, 3.63) is 82.9 Å². The molecule has 0 radical (unpaired) electrons. The highest BCUT2D eigenvalue weighted by atomic mass is 35.5.